The smallest absolute Gasteiger partial charge is 0.0702 e. The van der Waals surface area contributed by atoms with E-state index in [-0.39, 0.29) is 0 Å². The highest BCUT2D eigenvalue weighted by Crippen LogP contribution is 2.26. The van der Waals surface area contributed by atoms with Gasteiger partial charge in [0.1, 0.15) is 0 Å². The Labute approximate surface area is 137 Å². The number of nitrogens with zero attached hydrogens (tertiary/aromatic N) is 1. The molecule has 0 amide bonds. The summed E-state index contributed by atoms with van der Waals surface area (Å²) in [7, 11) is 0. The van der Waals surface area contributed by atoms with Gasteiger partial charge in [0, 0.05) is 22.6 Å². The molecule has 0 spiro atoms. The third-order valence-electron chi connectivity index (χ3n) is 3.57. The number of benzene rings is 1. The summed E-state index contributed by atoms with van der Waals surface area (Å²) >= 11 is 5.36. The summed E-state index contributed by atoms with van der Waals surface area (Å²) in [6.07, 6.45) is 1.16. The summed E-state index contributed by atoms with van der Waals surface area (Å²) in [6, 6.07) is 15.3. The Morgan fingerprint density at radius 1 is 1.19 bits per heavy atom. The van der Waals surface area contributed by atoms with Gasteiger partial charge in [0.2, 0.25) is 0 Å². The lowest BCUT2D eigenvalue weighted by atomic mass is 10.2. The molecule has 1 aromatic carbocycles. The van der Waals surface area contributed by atoms with Crippen LogP contribution in [0, 0.1) is 0 Å². The maximum absolute atomic E-state index is 3.55. The monoisotopic (exact) mass is 362 g/mol. The molecule has 0 unspecified atom stereocenters. The molecule has 4 heteroatoms. The maximum Gasteiger partial charge on any atom is 0.0702 e. The summed E-state index contributed by atoms with van der Waals surface area (Å²) in [4.78, 5) is 1.37. The summed E-state index contributed by atoms with van der Waals surface area (Å²) in [5.74, 6) is 0. The molecule has 2 heterocycles. The molecule has 2 nitrogen and oxygen atoms in total. The number of aromatic nitrogens is 1. The highest BCUT2D eigenvalue weighted by Gasteiger charge is 2.09. The van der Waals surface area contributed by atoms with Crippen molar-refractivity contribution in [3.05, 3.63) is 56.8 Å². The first-order valence-corrected chi connectivity index (χ1v) is 8.91. The van der Waals surface area contributed by atoms with Crippen LogP contribution in [0.5, 0.6) is 0 Å². The van der Waals surface area contributed by atoms with Gasteiger partial charge in [0.05, 0.1) is 10.3 Å². The van der Waals surface area contributed by atoms with Crippen LogP contribution >= 0.6 is 27.3 Å². The fourth-order valence-electron chi connectivity index (χ4n) is 2.59. The van der Waals surface area contributed by atoms with Gasteiger partial charge in [-0.25, -0.2) is 0 Å². The van der Waals surface area contributed by atoms with Crippen LogP contribution < -0.4 is 5.32 Å². The van der Waals surface area contributed by atoms with Gasteiger partial charge >= 0.3 is 0 Å². The number of rotatable bonds is 6. The van der Waals surface area contributed by atoms with Gasteiger partial charge in [0.15, 0.2) is 0 Å². The number of hydrogen-bond donors (Lipinski definition) is 1. The molecule has 0 aliphatic heterocycles. The van der Waals surface area contributed by atoms with Gasteiger partial charge in [-0.2, -0.15) is 0 Å². The minimum absolute atomic E-state index is 0.926. The molecular weight excluding hydrogens is 344 g/mol. The molecule has 0 bridgehead atoms. The molecule has 0 aliphatic carbocycles. The van der Waals surface area contributed by atoms with Crippen LogP contribution in [-0.2, 0) is 13.1 Å². The van der Waals surface area contributed by atoms with Crippen molar-refractivity contribution in [3.8, 4) is 0 Å². The first-order chi connectivity index (χ1) is 10.3. The van der Waals surface area contributed by atoms with Crippen molar-refractivity contribution in [2.45, 2.75) is 26.4 Å². The van der Waals surface area contributed by atoms with Crippen molar-refractivity contribution < 1.29 is 0 Å². The number of fused-ring (bicyclic) bond motifs is 1. The molecule has 1 N–H and O–H groups in total. The van der Waals surface area contributed by atoms with Gasteiger partial charge in [-0.1, -0.05) is 25.1 Å². The van der Waals surface area contributed by atoms with E-state index in [9.17, 15) is 0 Å². The van der Waals surface area contributed by atoms with E-state index >= 15 is 0 Å². The van der Waals surface area contributed by atoms with Gasteiger partial charge in [0.25, 0.3) is 0 Å². The Morgan fingerprint density at radius 2 is 2.05 bits per heavy atom. The average molecular weight is 363 g/mol. The summed E-state index contributed by atoms with van der Waals surface area (Å²) < 4.78 is 3.62. The standard InChI is InChI=1S/C17H19BrN2S/c1-2-9-19-11-14-10-13-5-3-4-6-16(13)20(14)12-15-7-8-17(18)21-15/h3-8,10,19H,2,9,11-12H2,1H3. The molecule has 0 radical (unpaired) electrons. The largest absolute Gasteiger partial charge is 0.338 e. The van der Waals surface area contributed by atoms with Gasteiger partial charge in [-0.3, -0.25) is 0 Å². The zero-order valence-corrected chi connectivity index (χ0v) is 14.5. The second kappa shape index (κ2) is 6.77. The molecule has 3 aromatic rings. The molecule has 2 aromatic heterocycles. The van der Waals surface area contributed by atoms with Gasteiger partial charge < -0.3 is 9.88 Å². The molecular formula is C17H19BrN2S. The van der Waals surface area contributed by atoms with E-state index in [2.05, 4.69) is 75.2 Å². The van der Waals surface area contributed by atoms with Crippen LogP contribution in [0.2, 0.25) is 0 Å². The Balaban J connectivity index is 1.94. The van der Waals surface area contributed by atoms with E-state index in [1.54, 1.807) is 0 Å². The van der Waals surface area contributed by atoms with E-state index < -0.39 is 0 Å². The van der Waals surface area contributed by atoms with Crippen molar-refractivity contribution >= 4 is 38.2 Å². The second-order valence-electron chi connectivity index (χ2n) is 5.16. The average Bonchev–Trinajstić information content (AvgIpc) is 3.05. The molecule has 0 saturated carbocycles. The molecule has 21 heavy (non-hydrogen) atoms. The topological polar surface area (TPSA) is 17.0 Å². The first kappa shape index (κ1) is 14.8. The van der Waals surface area contributed by atoms with Crippen LogP contribution in [-0.4, -0.2) is 11.1 Å². The minimum Gasteiger partial charge on any atom is -0.338 e. The quantitative estimate of drug-likeness (QED) is 0.609. The van der Waals surface area contributed by atoms with Gasteiger partial charge in [-0.15, -0.1) is 11.3 Å². The van der Waals surface area contributed by atoms with Crippen molar-refractivity contribution in [2.75, 3.05) is 6.54 Å². The molecule has 0 fully saturated rings. The minimum atomic E-state index is 0.926. The molecule has 0 atom stereocenters. The highest BCUT2D eigenvalue weighted by atomic mass is 79.9. The third-order valence-corrected chi connectivity index (χ3v) is 5.18. The van der Waals surface area contributed by atoms with Crippen molar-refractivity contribution in [1.82, 2.24) is 9.88 Å². The summed E-state index contributed by atoms with van der Waals surface area (Å²) in [5, 5.41) is 4.84. The lowest BCUT2D eigenvalue weighted by molar-refractivity contribution is 0.638. The van der Waals surface area contributed by atoms with Crippen LogP contribution in [0.25, 0.3) is 10.9 Å². The molecule has 3 rings (SSSR count). The molecule has 0 aliphatic rings. The fourth-order valence-corrected chi connectivity index (χ4v) is 4.06. The van der Waals surface area contributed by atoms with Crippen LogP contribution in [0.3, 0.4) is 0 Å². The van der Waals surface area contributed by atoms with E-state index in [1.165, 1.54) is 25.3 Å². The Morgan fingerprint density at radius 3 is 2.81 bits per heavy atom. The zero-order valence-electron chi connectivity index (χ0n) is 12.1. The maximum atomic E-state index is 3.55. The van der Waals surface area contributed by atoms with E-state index in [4.69, 9.17) is 0 Å². The SMILES string of the molecule is CCCNCc1cc2ccccc2n1Cc1ccc(Br)s1. The predicted octanol–water partition coefficient (Wildman–Crippen LogP) is 5.01. The lowest BCUT2D eigenvalue weighted by Gasteiger charge is -2.10. The molecule has 0 saturated heterocycles. The third kappa shape index (κ3) is 3.39. The lowest BCUT2D eigenvalue weighted by Crippen LogP contribution is -2.17. The first-order valence-electron chi connectivity index (χ1n) is 7.30. The van der Waals surface area contributed by atoms with E-state index in [1.807, 2.05) is 11.3 Å². The van der Waals surface area contributed by atoms with Crippen molar-refractivity contribution in [2.24, 2.45) is 0 Å². The molecule has 110 valence electrons. The Kier molecular flexibility index (Phi) is 4.78. The van der Waals surface area contributed by atoms with Crippen molar-refractivity contribution in [1.29, 1.82) is 0 Å². The normalized spacial score (nSPS) is 11.3. The number of para-hydroxylation sites is 1. The number of hydrogen-bond acceptors (Lipinski definition) is 2. The Bertz CT molecular complexity index is 729. The van der Waals surface area contributed by atoms with Crippen LogP contribution in [0.1, 0.15) is 23.9 Å². The van der Waals surface area contributed by atoms with Crippen molar-refractivity contribution in [3.63, 3.8) is 0 Å². The van der Waals surface area contributed by atoms with E-state index in [0.717, 1.165) is 26.1 Å². The number of thiophene rings is 1. The second-order valence-corrected chi connectivity index (χ2v) is 7.71. The number of nitrogens with one attached hydrogen (secondary N) is 1. The fraction of sp³-hybridized carbons (Fsp3) is 0.294. The summed E-state index contributed by atoms with van der Waals surface area (Å²) in [6.45, 7) is 5.12. The van der Waals surface area contributed by atoms with Gasteiger partial charge in [-0.05, 0) is 58.5 Å². The highest BCUT2D eigenvalue weighted by molar-refractivity contribution is 9.11. The van der Waals surface area contributed by atoms with Crippen LogP contribution in [0.4, 0.5) is 0 Å². The predicted molar refractivity (Wildman–Crippen MR) is 95.1 cm³/mol. The number of halogens is 1. The van der Waals surface area contributed by atoms with E-state index in [0.29, 0.717) is 0 Å². The Hall–Kier alpha value is -1.10. The summed E-state index contributed by atoms with van der Waals surface area (Å²) in [5.41, 5.74) is 2.67. The zero-order chi connectivity index (χ0) is 14.7. The van der Waals surface area contributed by atoms with Crippen LogP contribution in [0.15, 0.2) is 46.3 Å².